The highest BCUT2D eigenvalue weighted by Gasteiger charge is 2.27. The Bertz CT molecular complexity index is 667. The maximum atomic E-state index is 12.5. The van der Waals surface area contributed by atoms with Crippen LogP contribution in [0.2, 0.25) is 0 Å². The summed E-state index contributed by atoms with van der Waals surface area (Å²) in [5.41, 5.74) is 2.19. The van der Waals surface area contributed by atoms with Gasteiger partial charge in [-0.15, -0.1) is 0 Å². The number of rotatable bonds is 5. The van der Waals surface area contributed by atoms with Crippen LogP contribution in [0.4, 0.5) is 0 Å². The van der Waals surface area contributed by atoms with Crippen LogP contribution in [0.1, 0.15) is 34.5 Å². The lowest BCUT2D eigenvalue weighted by Gasteiger charge is -2.23. The Hall–Kier alpha value is -2.62. The molecule has 2 rings (SSSR count). The van der Waals surface area contributed by atoms with E-state index in [-0.39, 0.29) is 5.91 Å². The van der Waals surface area contributed by atoms with Crippen molar-refractivity contribution in [1.29, 1.82) is 0 Å². The number of carboxylic acid groups (broad SMARTS) is 1. The lowest BCUT2D eigenvalue weighted by atomic mass is 9.94. The molecule has 2 aromatic carbocycles. The SMILES string of the molecule is Cc1ccccc1C(=O)N[C@H](c1ccccc1)[C@H](C)C(=O)O. The van der Waals surface area contributed by atoms with Crippen LogP contribution >= 0.6 is 0 Å². The molecule has 0 saturated heterocycles. The van der Waals surface area contributed by atoms with Crippen LogP contribution in [0.25, 0.3) is 0 Å². The van der Waals surface area contributed by atoms with Gasteiger partial charge in [0.25, 0.3) is 5.91 Å². The van der Waals surface area contributed by atoms with Crippen molar-refractivity contribution < 1.29 is 14.7 Å². The number of hydrogen-bond donors (Lipinski definition) is 2. The van der Waals surface area contributed by atoms with Gasteiger partial charge in [-0.25, -0.2) is 0 Å². The molecule has 2 N–H and O–H groups in total. The molecule has 0 spiro atoms. The second kappa shape index (κ2) is 6.89. The fourth-order valence-electron chi connectivity index (χ4n) is 2.35. The van der Waals surface area contributed by atoms with Crippen LogP contribution in [0.3, 0.4) is 0 Å². The maximum absolute atomic E-state index is 12.5. The number of amides is 1. The number of aryl methyl sites for hydroxylation is 1. The summed E-state index contributed by atoms with van der Waals surface area (Å²) >= 11 is 0. The van der Waals surface area contributed by atoms with Crippen molar-refractivity contribution in [3.05, 3.63) is 71.3 Å². The molecule has 0 bridgehead atoms. The second-order valence-corrected chi connectivity index (χ2v) is 5.30. The number of nitrogens with one attached hydrogen (secondary N) is 1. The smallest absolute Gasteiger partial charge is 0.308 e. The lowest BCUT2D eigenvalue weighted by Crippen LogP contribution is -2.35. The normalized spacial score (nSPS) is 13.2. The van der Waals surface area contributed by atoms with Crippen LogP contribution in [0, 0.1) is 12.8 Å². The van der Waals surface area contributed by atoms with Gasteiger partial charge in [0.05, 0.1) is 12.0 Å². The molecule has 0 radical (unpaired) electrons. The fourth-order valence-corrected chi connectivity index (χ4v) is 2.35. The molecule has 4 heteroatoms. The molecule has 0 aromatic heterocycles. The first-order valence-corrected chi connectivity index (χ1v) is 7.15. The third-order valence-corrected chi connectivity index (χ3v) is 3.72. The molecule has 0 unspecified atom stereocenters. The summed E-state index contributed by atoms with van der Waals surface area (Å²) in [5.74, 6) is -1.94. The van der Waals surface area contributed by atoms with Crippen molar-refractivity contribution in [2.75, 3.05) is 0 Å². The van der Waals surface area contributed by atoms with E-state index in [0.717, 1.165) is 11.1 Å². The maximum Gasteiger partial charge on any atom is 0.308 e. The van der Waals surface area contributed by atoms with Gasteiger partial charge in [-0.05, 0) is 31.0 Å². The van der Waals surface area contributed by atoms with Gasteiger partial charge in [0.2, 0.25) is 0 Å². The largest absolute Gasteiger partial charge is 0.481 e. The summed E-state index contributed by atoms with van der Waals surface area (Å²) in [6, 6.07) is 15.8. The molecule has 2 aromatic rings. The highest BCUT2D eigenvalue weighted by atomic mass is 16.4. The van der Waals surface area contributed by atoms with E-state index in [1.165, 1.54) is 0 Å². The van der Waals surface area contributed by atoms with E-state index in [2.05, 4.69) is 5.32 Å². The van der Waals surface area contributed by atoms with E-state index in [4.69, 9.17) is 0 Å². The van der Waals surface area contributed by atoms with E-state index >= 15 is 0 Å². The minimum absolute atomic E-state index is 0.264. The van der Waals surface area contributed by atoms with Gasteiger partial charge in [-0.2, -0.15) is 0 Å². The quantitative estimate of drug-likeness (QED) is 0.890. The lowest BCUT2D eigenvalue weighted by molar-refractivity contribution is -0.142. The molecule has 114 valence electrons. The standard InChI is InChI=1S/C18H19NO3/c1-12-8-6-7-11-15(12)17(20)19-16(13(2)18(21)22)14-9-4-3-5-10-14/h3-11,13,16H,1-2H3,(H,19,20)(H,21,22)/t13-,16-/m0/s1. The number of aliphatic carboxylic acids is 1. The van der Waals surface area contributed by atoms with Gasteiger partial charge in [0, 0.05) is 5.56 Å². The third kappa shape index (κ3) is 3.52. The van der Waals surface area contributed by atoms with Gasteiger partial charge in [0.1, 0.15) is 0 Å². The Balaban J connectivity index is 2.29. The average Bonchev–Trinajstić information content (AvgIpc) is 2.53. The number of carbonyl (C=O) groups is 2. The minimum atomic E-state index is -0.945. The number of carbonyl (C=O) groups excluding carboxylic acids is 1. The van der Waals surface area contributed by atoms with Crippen LogP contribution in [-0.4, -0.2) is 17.0 Å². The van der Waals surface area contributed by atoms with E-state index < -0.39 is 17.9 Å². The molecule has 0 fully saturated rings. The summed E-state index contributed by atoms with van der Waals surface area (Å²) < 4.78 is 0. The summed E-state index contributed by atoms with van der Waals surface area (Å²) in [7, 11) is 0. The fraction of sp³-hybridized carbons (Fsp3) is 0.222. The van der Waals surface area contributed by atoms with Gasteiger partial charge in [-0.1, -0.05) is 48.5 Å². The molecule has 1 amide bonds. The van der Waals surface area contributed by atoms with Gasteiger partial charge in [0.15, 0.2) is 0 Å². The van der Waals surface area contributed by atoms with Crippen molar-refractivity contribution in [3.8, 4) is 0 Å². The molecule has 0 aliphatic carbocycles. The Morgan fingerprint density at radius 1 is 1.00 bits per heavy atom. The first-order chi connectivity index (χ1) is 10.5. The Morgan fingerprint density at radius 3 is 2.18 bits per heavy atom. The summed E-state index contributed by atoms with van der Waals surface area (Å²) in [6.45, 7) is 3.45. The van der Waals surface area contributed by atoms with Crippen molar-refractivity contribution >= 4 is 11.9 Å². The Labute approximate surface area is 129 Å². The number of carboxylic acids is 1. The van der Waals surface area contributed by atoms with Crippen LogP contribution in [-0.2, 0) is 4.79 Å². The zero-order chi connectivity index (χ0) is 16.1. The van der Waals surface area contributed by atoms with Crippen molar-refractivity contribution in [3.63, 3.8) is 0 Å². The van der Waals surface area contributed by atoms with Gasteiger partial charge < -0.3 is 10.4 Å². The van der Waals surface area contributed by atoms with Crippen LogP contribution < -0.4 is 5.32 Å². The van der Waals surface area contributed by atoms with Gasteiger partial charge >= 0.3 is 5.97 Å². The molecular formula is C18H19NO3. The number of benzene rings is 2. The molecule has 2 atom stereocenters. The zero-order valence-electron chi connectivity index (χ0n) is 12.6. The predicted octanol–water partition coefficient (Wildman–Crippen LogP) is 3.19. The third-order valence-electron chi connectivity index (χ3n) is 3.72. The van der Waals surface area contributed by atoms with Crippen molar-refractivity contribution in [2.45, 2.75) is 19.9 Å². The summed E-state index contributed by atoms with van der Waals surface area (Å²) in [6.07, 6.45) is 0. The van der Waals surface area contributed by atoms with E-state index in [0.29, 0.717) is 5.56 Å². The van der Waals surface area contributed by atoms with Crippen LogP contribution in [0.15, 0.2) is 54.6 Å². The highest BCUT2D eigenvalue weighted by Crippen LogP contribution is 2.23. The Morgan fingerprint density at radius 2 is 1.59 bits per heavy atom. The van der Waals surface area contributed by atoms with Crippen molar-refractivity contribution in [1.82, 2.24) is 5.32 Å². The number of hydrogen-bond acceptors (Lipinski definition) is 2. The first-order valence-electron chi connectivity index (χ1n) is 7.15. The van der Waals surface area contributed by atoms with E-state index in [9.17, 15) is 14.7 Å². The summed E-state index contributed by atoms with van der Waals surface area (Å²) in [5, 5.41) is 12.2. The highest BCUT2D eigenvalue weighted by molar-refractivity contribution is 5.96. The second-order valence-electron chi connectivity index (χ2n) is 5.30. The molecule has 22 heavy (non-hydrogen) atoms. The zero-order valence-corrected chi connectivity index (χ0v) is 12.6. The summed E-state index contributed by atoms with van der Waals surface area (Å²) in [4.78, 5) is 23.8. The molecule has 0 aliphatic heterocycles. The molecular weight excluding hydrogens is 278 g/mol. The van der Waals surface area contributed by atoms with Crippen molar-refractivity contribution in [2.24, 2.45) is 5.92 Å². The topological polar surface area (TPSA) is 66.4 Å². The van der Waals surface area contributed by atoms with E-state index in [1.54, 1.807) is 19.1 Å². The van der Waals surface area contributed by atoms with E-state index in [1.807, 2.05) is 49.4 Å². The molecule has 4 nitrogen and oxygen atoms in total. The van der Waals surface area contributed by atoms with Gasteiger partial charge in [-0.3, -0.25) is 9.59 Å². The predicted molar refractivity (Wildman–Crippen MR) is 84.6 cm³/mol. The first kappa shape index (κ1) is 15.8. The monoisotopic (exact) mass is 297 g/mol. The molecule has 0 aliphatic rings. The molecule has 0 heterocycles. The Kier molecular flexibility index (Phi) is 4.94. The molecule has 0 saturated carbocycles. The average molecular weight is 297 g/mol. The minimum Gasteiger partial charge on any atom is -0.481 e. The van der Waals surface area contributed by atoms with Crippen LogP contribution in [0.5, 0.6) is 0 Å².